The Labute approximate surface area is 123 Å². The van der Waals surface area contributed by atoms with Crippen LogP contribution in [0.5, 0.6) is 5.88 Å². The van der Waals surface area contributed by atoms with Gasteiger partial charge < -0.3 is 10.1 Å². The molecule has 0 unspecified atom stereocenters. The first kappa shape index (κ1) is 12.8. The molecule has 20 heavy (non-hydrogen) atoms. The van der Waals surface area contributed by atoms with E-state index in [1.54, 1.807) is 12.3 Å². The number of hydrogen-bond acceptors (Lipinski definition) is 4. The molecule has 3 aromatic rings. The van der Waals surface area contributed by atoms with Crippen LogP contribution in [0.4, 0.5) is 11.5 Å². The van der Waals surface area contributed by atoms with Gasteiger partial charge in [-0.25, -0.2) is 4.98 Å². The Morgan fingerprint density at radius 2 is 2.10 bits per heavy atom. The Morgan fingerprint density at radius 1 is 1.25 bits per heavy atom. The van der Waals surface area contributed by atoms with Crippen molar-refractivity contribution in [1.29, 1.82) is 0 Å². The maximum atomic E-state index is 9.98. The van der Waals surface area contributed by atoms with Gasteiger partial charge in [0.1, 0.15) is 0 Å². The zero-order chi connectivity index (χ0) is 14.1. The summed E-state index contributed by atoms with van der Waals surface area (Å²) in [5.74, 6) is 0.494. The van der Waals surface area contributed by atoms with Crippen LogP contribution in [-0.4, -0.2) is 15.1 Å². The minimum absolute atomic E-state index is 0.000816. The van der Waals surface area contributed by atoms with Crippen LogP contribution in [0.3, 0.4) is 0 Å². The Morgan fingerprint density at radius 3 is 2.85 bits per heavy atom. The molecule has 100 valence electrons. The van der Waals surface area contributed by atoms with Crippen molar-refractivity contribution >= 4 is 38.3 Å². The first-order valence-electron chi connectivity index (χ1n) is 5.98. The quantitative estimate of drug-likeness (QED) is 0.665. The molecule has 0 saturated heterocycles. The van der Waals surface area contributed by atoms with E-state index < -0.39 is 0 Å². The van der Waals surface area contributed by atoms with Crippen molar-refractivity contribution < 1.29 is 5.11 Å². The molecular formula is C14H11BrN4O. The predicted molar refractivity (Wildman–Crippen MR) is 80.8 cm³/mol. The van der Waals surface area contributed by atoms with Gasteiger partial charge in [0.25, 0.3) is 0 Å². The lowest BCUT2D eigenvalue weighted by Crippen LogP contribution is -1.76. The predicted octanol–water partition coefficient (Wildman–Crippen LogP) is 4.75. The van der Waals surface area contributed by atoms with Crippen LogP contribution < -0.4 is 0 Å². The van der Waals surface area contributed by atoms with E-state index in [1.807, 2.05) is 31.2 Å². The fraction of sp³-hybridized carbons (Fsp3) is 0.0714. The molecule has 0 aliphatic rings. The topological polar surface area (TPSA) is 73.6 Å². The highest BCUT2D eigenvalue weighted by atomic mass is 79.9. The zero-order valence-corrected chi connectivity index (χ0v) is 12.2. The molecule has 0 atom stereocenters. The summed E-state index contributed by atoms with van der Waals surface area (Å²) in [5.41, 5.74) is 2.28. The number of benzene rings is 1. The van der Waals surface area contributed by atoms with Gasteiger partial charge in [-0.05, 0) is 36.8 Å². The number of fused-ring (bicyclic) bond motifs is 1. The number of aryl methyl sites for hydroxylation is 1. The summed E-state index contributed by atoms with van der Waals surface area (Å²) in [6.45, 7) is 1.96. The molecule has 0 amide bonds. The summed E-state index contributed by atoms with van der Waals surface area (Å²) in [6, 6.07) is 9.25. The molecule has 3 rings (SSSR count). The van der Waals surface area contributed by atoms with Crippen LogP contribution in [0.2, 0.25) is 0 Å². The van der Waals surface area contributed by atoms with Crippen molar-refractivity contribution in [2.24, 2.45) is 10.2 Å². The molecule has 0 spiro atoms. The Bertz CT molecular complexity index is 796. The second-order valence-corrected chi connectivity index (χ2v) is 5.27. The number of pyridine rings is 1. The number of nitrogens with one attached hydrogen (secondary N) is 1. The highest BCUT2D eigenvalue weighted by Crippen LogP contribution is 2.38. The normalized spacial score (nSPS) is 11.5. The summed E-state index contributed by atoms with van der Waals surface area (Å²) < 4.78 is 0.927. The monoisotopic (exact) mass is 330 g/mol. The lowest BCUT2D eigenvalue weighted by atomic mass is 10.1. The fourth-order valence-electron chi connectivity index (χ4n) is 2.02. The third kappa shape index (κ3) is 2.30. The van der Waals surface area contributed by atoms with Crippen LogP contribution in [0.15, 0.2) is 51.2 Å². The number of azo groups is 1. The van der Waals surface area contributed by atoms with Crippen molar-refractivity contribution in [3.8, 4) is 5.88 Å². The average Bonchev–Trinajstić information content (AvgIpc) is 2.74. The number of H-pyrrole nitrogens is 1. The molecule has 0 aliphatic heterocycles. The fourth-order valence-corrected chi connectivity index (χ4v) is 2.59. The number of hydrogen-bond donors (Lipinski definition) is 2. The number of halogens is 1. The van der Waals surface area contributed by atoms with Gasteiger partial charge in [0.2, 0.25) is 5.88 Å². The summed E-state index contributed by atoms with van der Waals surface area (Å²) in [4.78, 5) is 6.98. The Balaban J connectivity index is 2.12. The SMILES string of the molecule is Cc1cc(Br)cc2c(N=Nc3ccccn3)c(O)[nH]c12. The maximum absolute atomic E-state index is 9.98. The van der Waals surface area contributed by atoms with Gasteiger partial charge in [-0.2, -0.15) is 0 Å². The first-order valence-corrected chi connectivity index (χ1v) is 6.78. The van der Waals surface area contributed by atoms with E-state index in [2.05, 4.69) is 36.1 Å². The number of aromatic hydroxyl groups is 1. The van der Waals surface area contributed by atoms with Crippen LogP contribution >= 0.6 is 15.9 Å². The Hall–Kier alpha value is -2.21. The summed E-state index contributed by atoms with van der Waals surface area (Å²) in [7, 11) is 0. The smallest absolute Gasteiger partial charge is 0.218 e. The van der Waals surface area contributed by atoms with Crippen molar-refractivity contribution in [3.05, 3.63) is 46.6 Å². The number of rotatable bonds is 2. The molecule has 2 heterocycles. The van der Waals surface area contributed by atoms with Gasteiger partial charge in [-0.3, -0.25) is 0 Å². The van der Waals surface area contributed by atoms with E-state index >= 15 is 0 Å². The lowest BCUT2D eigenvalue weighted by molar-refractivity contribution is 0.459. The van der Waals surface area contributed by atoms with Gasteiger partial charge in [-0.15, -0.1) is 10.2 Å². The van der Waals surface area contributed by atoms with Crippen molar-refractivity contribution in [2.75, 3.05) is 0 Å². The second kappa shape index (κ2) is 5.05. The van der Waals surface area contributed by atoms with Crippen LogP contribution in [0, 0.1) is 6.92 Å². The standard InChI is InChI=1S/C14H11BrN4O/c1-8-6-9(15)7-10-12(8)17-14(20)13(10)19-18-11-4-2-3-5-16-11/h2-7,17,20H,1H3. The minimum Gasteiger partial charge on any atom is -0.493 e. The molecule has 0 radical (unpaired) electrons. The molecule has 5 nitrogen and oxygen atoms in total. The van der Waals surface area contributed by atoms with Gasteiger partial charge >= 0.3 is 0 Å². The molecule has 0 fully saturated rings. The average molecular weight is 331 g/mol. The number of nitrogens with zero attached hydrogens (tertiary/aromatic N) is 3. The van der Waals surface area contributed by atoms with E-state index in [-0.39, 0.29) is 5.88 Å². The minimum atomic E-state index is 0.000816. The summed E-state index contributed by atoms with van der Waals surface area (Å²) in [5, 5.41) is 18.9. The molecule has 0 aliphatic carbocycles. The van der Waals surface area contributed by atoms with Crippen LogP contribution in [0.25, 0.3) is 10.9 Å². The number of aromatic nitrogens is 2. The summed E-state index contributed by atoms with van der Waals surface area (Å²) >= 11 is 3.44. The molecule has 1 aromatic carbocycles. The zero-order valence-electron chi connectivity index (χ0n) is 10.6. The lowest BCUT2D eigenvalue weighted by Gasteiger charge is -1.97. The van der Waals surface area contributed by atoms with Crippen LogP contribution in [-0.2, 0) is 0 Å². The first-order chi connectivity index (χ1) is 9.65. The van der Waals surface area contributed by atoms with E-state index in [1.165, 1.54) is 0 Å². The van der Waals surface area contributed by atoms with Gasteiger partial charge in [-0.1, -0.05) is 22.0 Å². The molecule has 2 aromatic heterocycles. The molecule has 0 bridgehead atoms. The summed E-state index contributed by atoms with van der Waals surface area (Å²) in [6.07, 6.45) is 1.64. The van der Waals surface area contributed by atoms with Crippen LogP contribution in [0.1, 0.15) is 5.56 Å². The second-order valence-electron chi connectivity index (χ2n) is 4.36. The van der Waals surface area contributed by atoms with Gasteiger partial charge in [0.15, 0.2) is 11.5 Å². The van der Waals surface area contributed by atoms with Crippen molar-refractivity contribution in [3.63, 3.8) is 0 Å². The molecule has 6 heteroatoms. The highest BCUT2D eigenvalue weighted by molar-refractivity contribution is 9.10. The van der Waals surface area contributed by atoms with E-state index in [4.69, 9.17) is 0 Å². The molecule has 0 saturated carbocycles. The van der Waals surface area contributed by atoms with Gasteiger partial charge in [0.05, 0.1) is 5.52 Å². The van der Waals surface area contributed by atoms with E-state index in [0.717, 1.165) is 20.9 Å². The molecule has 2 N–H and O–H groups in total. The Kier molecular flexibility index (Phi) is 3.23. The maximum Gasteiger partial charge on any atom is 0.218 e. The van der Waals surface area contributed by atoms with Gasteiger partial charge in [0, 0.05) is 16.1 Å². The largest absolute Gasteiger partial charge is 0.493 e. The number of aromatic amines is 1. The van der Waals surface area contributed by atoms with E-state index in [9.17, 15) is 5.11 Å². The van der Waals surface area contributed by atoms with Crippen molar-refractivity contribution in [1.82, 2.24) is 9.97 Å². The van der Waals surface area contributed by atoms with Crippen molar-refractivity contribution in [2.45, 2.75) is 6.92 Å². The highest BCUT2D eigenvalue weighted by Gasteiger charge is 2.12. The third-order valence-corrected chi connectivity index (χ3v) is 3.38. The van der Waals surface area contributed by atoms with E-state index in [0.29, 0.717) is 11.5 Å². The molecular weight excluding hydrogens is 320 g/mol. The third-order valence-electron chi connectivity index (χ3n) is 2.92.